The Labute approximate surface area is 93.5 Å². The SMILES string of the molecule is O=C([O-])O.[Fe+2].[K+].[O-2]. The molecule has 38 valence electrons. The summed E-state index contributed by atoms with van der Waals surface area (Å²) in [5.74, 6) is 0. The Hall–Kier alpha value is 1.39. The first-order valence-electron chi connectivity index (χ1n) is 0.632. The molecule has 0 fully saturated rings. The van der Waals surface area contributed by atoms with Gasteiger partial charge in [-0.05, 0) is 0 Å². The second-order valence-corrected chi connectivity index (χ2v) is 0.266. The predicted molar refractivity (Wildman–Crippen MR) is 8.71 cm³/mol. The molecule has 7 heavy (non-hydrogen) atoms. The van der Waals surface area contributed by atoms with E-state index in [4.69, 9.17) is 15.0 Å². The molecule has 0 amide bonds. The first-order valence-corrected chi connectivity index (χ1v) is 0.632. The Kier molecular flexibility index (Phi) is 53.2. The average Bonchev–Trinajstić information content (AvgIpc) is 0.811. The topological polar surface area (TPSA) is 88.9 Å². The molecule has 0 aromatic heterocycles. The van der Waals surface area contributed by atoms with Crippen LogP contribution in [0.3, 0.4) is 0 Å². The number of carbonyl (C=O) groups is 1. The minimum Gasteiger partial charge on any atom is -2.00 e. The van der Waals surface area contributed by atoms with Gasteiger partial charge in [-0.1, -0.05) is 0 Å². The van der Waals surface area contributed by atoms with Crippen molar-refractivity contribution in [3.05, 3.63) is 0 Å². The van der Waals surface area contributed by atoms with Gasteiger partial charge >= 0.3 is 68.5 Å². The molecule has 0 aliphatic rings. The molecule has 0 heterocycles. The summed E-state index contributed by atoms with van der Waals surface area (Å²) in [5, 5.41) is 15.3. The van der Waals surface area contributed by atoms with Crippen LogP contribution in [0.2, 0.25) is 0 Å². The van der Waals surface area contributed by atoms with Gasteiger partial charge in [0.1, 0.15) is 0 Å². The second-order valence-electron chi connectivity index (χ2n) is 0.266. The van der Waals surface area contributed by atoms with E-state index in [1.807, 2.05) is 0 Å². The molecule has 1 N–H and O–H groups in total. The van der Waals surface area contributed by atoms with Crippen LogP contribution >= 0.6 is 0 Å². The Morgan fingerprint density at radius 2 is 1.57 bits per heavy atom. The van der Waals surface area contributed by atoms with Crippen LogP contribution in [-0.4, -0.2) is 11.3 Å². The summed E-state index contributed by atoms with van der Waals surface area (Å²) in [6.07, 6.45) is -2.08. The van der Waals surface area contributed by atoms with Gasteiger partial charge in [0.15, 0.2) is 0 Å². The van der Waals surface area contributed by atoms with Crippen LogP contribution in [0.5, 0.6) is 0 Å². The van der Waals surface area contributed by atoms with Crippen molar-refractivity contribution < 1.29 is 88.9 Å². The number of rotatable bonds is 0. The minimum atomic E-state index is -2.08. The van der Waals surface area contributed by atoms with Gasteiger partial charge in [-0.25, -0.2) is 0 Å². The van der Waals surface area contributed by atoms with Crippen LogP contribution in [0.25, 0.3) is 0 Å². The van der Waals surface area contributed by atoms with E-state index < -0.39 is 6.16 Å². The summed E-state index contributed by atoms with van der Waals surface area (Å²) < 4.78 is 0. The molecular weight excluding hydrogens is 171 g/mol. The molecule has 4 nitrogen and oxygen atoms in total. The zero-order valence-electron chi connectivity index (χ0n) is 3.53. The smallest absolute Gasteiger partial charge is 2.00 e. The maximum Gasteiger partial charge on any atom is 2.00 e. The van der Waals surface area contributed by atoms with Crippen molar-refractivity contribution in [3.63, 3.8) is 0 Å². The summed E-state index contributed by atoms with van der Waals surface area (Å²) in [6.45, 7) is 0. The summed E-state index contributed by atoms with van der Waals surface area (Å²) >= 11 is 0. The fourth-order valence-corrected chi connectivity index (χ4v) is 0. The van der Waals surface area contributed by atoms with Crippen LogP contribution in [-0.2, 0) is 22.5 Å². The van der Waals surface area contributed by atoms with Gasteiger partial charge in [-0.2, -0.15) is 0 Å². The predicted octanol–water partition coefficient (Wildman–Crippen LogP) is -4.23. The Morgan fingerprint density at radius 1 is 1.57 bits per heavy atom. The molecule has 0 aliphatic heterocycles. The minimum absolute atomic E-state index is 0. The molecule has 0 spiro atoms. The number of hydrogen-bond acceptors (Lipinski definition) is 2. The Balaban J connectivity index is -0.0000000150. The van der Waals surface area contributed by atoms with Crippen molar-refractivity contribution in [2.24, 2.45) is 0 Å². The van der Waals surface area contributed by atoms with Gasteiger partial charge in [0.25, 0.3) is 0 Å². The zero-order chi connectivity index (χ0) is 3.58. The molecule has 0 radical (unpaired) electrons. The maximum absolute atomic E-state index is 8.44. The quantitative estimate of drug-likeness (QED) is 0.375. The third-order valence-corrected chi connectivity index (χ3v) is 0. The van der Waals surface area contributed by atoms with E-state index in [1.54, 1.807) is 0 Å². The molecule has 0 aromatic rings. The van der Waals surface area contributed by atoms with Crippen molar-refractivity contribution in [2.45, 2.75) is 0 Å². The largest absolute Gasteiger partial charge is 2.00 e. The second kappa shape index (κ2) is 15.7. The van der Waals surface area contributed by atoms with E-state index >= 15 is 0 Å². The molecule has 0 rings (SSSR count). The van der Waals surface area contributed by atoms with Gasteiger partial charge < -0.3 is 20.5 Å². The van der Waals surface area contributed by atoms with Crippen molar-refractivity contribution >= 4 is 6.16 Å². The van der Waals surface area contributed by atoms with Crippen LogP contribution in [0, 0.1) is 0 Å². The molecule has 0 atom stereocenters. The summed E-state index contributed by atoms with van der Waals surface area (Å²) in [4.78, 5) is 8.44. The fourth-order valence-electron chi connectivity index (χ4n) is 0. The van der Waals surface area contributed by atoms with Crippen molar-refractivity contribution in [3.8, 4) is 0 Å². The summed E-state index contributed by atoms with van der Waals surface area (Å²) in [5.41, 5.74) is 0. The third-order valence-electron chi connectivity index (χ3n) is 0. The van der Waals surface area contributed by atoms with E-state index in [0.717, 1.165) is 0 Å². The van der Waals surface area contributed by atoms with Crippen LogP contribution in [0.15, 0.2) is 0 Å². The van der Waals surface area contributed by atoms with Gasteiger partial charge in [-0.3, -0.25) is 0 Å². The van der Waals surface area contributed by atoms with E-state index in [0.29, 0.717) is 0 Å². The van der Waals surface area contributed by atoms with Gasteiger partial charge in [0, 0.05) is 0 Å². The number of hydrogen-bond donors (Lipinski definition) is 1. The molecule has 0 saturated heterocycles. The van der Waals surface area contributed by atoms with E-state index in [2.05, 4.69) is 0 Å². The first-order chi connectivity index (χ1) is 1.73. The van der Waals surface area contributed by atoms with Crippen LogP contribution < -0.4 is 56.5 Å². The standard InChI is InChI=1S/CH2O3.Fe.K.O/c2-1(3)4;;;/h(H2,2,3,4);;;/q;+2;+1;-2/p-1. The van der Waals surface area contributed by atoms with Crippen LogP contribution in [0.1, 0.15) is 0 Å². The molecule has 6 heteroatoms. The molecular formula is CHFeKO4. The van der Waals surface area contributed by atoms with Crippen molar-refractivity contribution in [1.82, 2.24) is 0 Å². The van der Waals surface area contributed by atoms with E-state index in [1.165, 1.54) is 0 Å². The van der Waals surface area contributed by atoms with Gasteiger partial charge in [-0.15, -0.1) is 0 Å². The monoisotopic (exact) mass is 172 g/mol. The maximum atomic E-state index is 8.44. The normalized spacial score (nSPS) is 3.43. The fraction of sp³-hybridized carbons (Fsp3) is 0. The molecule has 0 aliphatic carbocycles. The van der Waals surface area contributed by atoms with Crippen LogP contribution in [0.4, 0.5) is 4.79 Å². The summed E-state index contributed by atoms with van der Waals surface area (Å²) in [6, 6.07) is 0. The molecule has 0 aromatic carbocycles. The Bertz CT molecular complexity index is 34.7. The number of carboxylic acid groups (broad SMARTS) is 2. The molecule has 0 unspecified atom stereocenters. The van der Waals surface area contributed by atoms with E-state index in [-0.39, 0.29) is 73.9 Å². The molecule has 0 saturated carbocycles. The first kappa shape index (κ1) is 23.8. The van der Waals surface area contributed by atoms with E-state index in [9.17, 15) is 0 Å². The van der Waals surface area contributed by atoms with Gasteiger partial charge in [0.2, 0.25) is 6.16 Å². The van der Waals surface area contributed by atoms with Gasteiger partial charge in [0.05, 0.1) is 0 Å². The average molecular weight is 172 g/mol. The Morgan fingerprint density at radius 3 is 1.57 bits per heavy atom. The van der Waals surface area contributed by atoms with Crippen molar-refractivity contribution in [2.75, 3.05) is 0 Å². The van der Waals surface area contributed by atoms with Crippen molar-refractivity contribution in [1.29, 1.82) is 0 Å². The molecule has 0 bridgehead atoms. The third kappa shape index (κ3) is 112. The summed E-state index contributed by atoms with van der Waals surface area (Å²) in [7, 11) is 0. The zero-order valence-corrected chi connectivity index (χ0v) is 7.75.